The second kappa shape index (κ2) is 8.02. The topological polar surface area (TPSA) is 3.24 Å². The van der Waals surface area contributed by atoms with Crippen LogP contribution in [-0.4, -0.2) is 26.6 Å². The molecule has 0 heterocycles. The SMILES string of the molecule is BrC1=CCC(N(C2=CCC(Br)CC2)C2C=CC(Br)CC2)CC1. The van der Waals surface area contributed by atoms with E-state index in [1.165, 1.54) is 55.8 Å². The third-order valence-corrected chi connectivity index (χ3v) is 7.33. The van der Waals surface area contributed by atoms with E-state index in [4.69, 9.17) is 0 Å². The molecule has 0 bridgehead atoms. The summed E-state index contributed by atoms with van der Waals surface area (Å²) in [6.45, 7) is 0. The van der Waals surface area contributed by atoms with Gasteiger partial charge in [0, 0.05) is 27.4 Å². The first-order chi connectivity index (χ1) is 10.6. The van der Waals surface area contributed by atoms with E-state index < -0.39 is 0 Å². The van der Waals surface area contributed by atoms with E-state index in [9.17, 15) is 0 Å². The van der Waals surface area contributed by atoms with Crippen molar-refractivity contribution in [1.29, 1.82) is 0 Å². The van der Waals surface area contributed by atoms with Gasteiger partial charge in [-0.3, -0.25) is 0 Å². The van der Waals surface area contributed by atoms with Crippen molar-refractivity contribution in [3.63, 3.8) is 0 Å². The van der Waals surface area contributed by atoms with Gasteiger partial charge in [0.05, 0.1) is 0 Å². The highest BCUT2D eigenvalue weighted by Crippen LogP contribution is 2.36. The molecule has 0 aromatic rings. The van der Waals surface area contributed by atoms with E-state index in [1.807, 2.05) is 0 Å². The maximum atomic E-state index is 3.77. The Kier molecular flexibility index (Phi) is 6.31. The molecule has 0 radical (unpaired) electrons. The second-order valence-corrected chi connectivity index (χ2v) is 10.1. The Balaban J connectivity index is 1.81. The fourth-order valence-corrected chi connectivity index (χ4v) is 5.06. The number of halogens is 3. The van der Waals surface area contributed by atoms with Gasteiger partial charge in [-0.2, -0.15) is 0 Å². The molecule has 0 aromatic carbocycles. The first kappa shape index (κ1) is 17.3. The molecular formula is C18H24Br3N. The summed E-state index contributed by atoms with van der Waals surface area (Å²) in [5.74, 6) is 0. The van der Waals surface area contributed by atoms with E-state index in [0.717, 1.165) is 0 Å². The summed E-state index contributed by atoms with van der Waals surface area (Å²) in [4.78, 5) is 4.01. The minimum Gasteiger partial charge on any atom is -0.365 e. The third-order valence-electron chi connectivity index (χ3n) is 5.01. The van der Waals surface area contributed by atoms with Crippen LogP contribution in [0.5, 0.6) is 0 Å². The standard InChI is InChI=1S/C18H24Br3N/c19-13-1-7-16(8-2-13)22(17-9-3-14(20)4-10-17)18-11-5-15(21)6-12-18/h1,3,7,11,13,15-17H,2,4-6,8-10,12H2. The van der Waals surface area contributed by atoms with E-state index in [1.54, 1.807) is 5.70 Å². The summed E-state index contributed by atoms with van der Waals surface area (Å²) in [6, 6.07) is 1.25. The number of hydrogen-bond acceptors (Lipinski definition) is 1. The van der Waals surface area contributed by atoms with Crippen molar-refractivity contribution in [2.75, 3.05) is 0 Å². The molecule has 4 atom stereocenters. The lowest BCUT2D eigenvalue weighted by atomic mass is 9.91. The Labute approximate surface area is 159 Å². The highest BCUT2D eigenvalue weighted by atomic mass is 79.9. The molecule has 1 nitrogen and oxygen atoms in total. The van der Waals surface area contributed by atoms with Gasteiger partial charge in [-0.05, 0) is 55.8 Å². The molecule has 0 spiro atoms. The van der Waals surface area contributed by atoms with Crippen LogP contribution in [0.1, 0.15) is 51.4 Å². The maximum absolute atomic E-state index is 3.77. The van der Waals surface area contributed by atoms with Crippen molar-refractivity contribution in [2.24, 2.45) is 0 Å². The predicted molar refractivity (Wildman–Crippen MR) is 106 cm³/mol. The number of alkyl halides is 2. The van der Waals surface area contributed by atoms with E-state index in [-0.39, 0.29) is 0 Å². The molecule has 22 heavy (non-hydrogen) atoms. The van der Waals surface area contributed by atoms with Gasteiger partial charge in [-0.25, -0.2) is 0 Å². The average molecular weight is 494 g/mol. The van der Waals surface area contributed by atoms with Crippen LogP contribution in [0.25, 0.3) is 0 Å². The second-order valence-electron chi connectivity index (χ2n) is 6.60. The molecule has 0 saturated carbocycles. The van der Waals surface area contributed by atoms with E-state index >= 15 is 0 Å². The van der Waals surface area contributed by atoms with Crippen LogP contribution in [0.15, 0.2) is 34.5 Å². The molecule has 0 aliphatic heterocycles. The van der Waals surface area contributed by atoms with Gasteiger partial charge in [0.15, 0.2) is 0 Å². The Morgan fingerprint density at radius 3 is 2.36 bits per heavy atom. The number of allylic oxidation sites excluding steroid dienone is 4. The van der Waals surface area contributed by atoms with Gasteiger partial charge in [0.25, 0.3) is 0 Å². The van der Waals surface area contributed by atoms with E-state index in [2.05, 4.69) is 77.0 Å². The maximum Gasteiger partial charge on any atom is 0.0474 e. The van der Waals surface area contributed by atoms with Crippen LogP contribution in [0, 0.1) is 0 Å². The fraction of sp³-hybridized carbons (Fsp3) is 0.667. The summed E-state index contributed by atoms with van der Waals surface area (Å²) < 4.78 is 1.39. The summed E-state index contributed by atoms with van der Waals surface area (Å²) >= 11 is 11.2. The molecule has 0 aromatic heterocycles. The zero-order valence-corrected chi connectivity index (χ0v) is 17.6. The lowest BCUT2D eigenvalue weighted by molar-refractivity contribution is 0.177. The highest BCUT2D eigenvalue weighted by Gasteiger charge is 2.30. The Bertz CT molecular complexity index is 483. The zero-order valence-electron chi connectivity index (χ0n) is 12.9. The molecule has 4 unspecified atom stereocenters. The van der Waals surface area contributed by atoms with Gasteiger partial charge in [0.1, 0.15) is 0 Å². The normalized spacial score (nSPS) is 35.8. The highest BCUT2D eigenvalue weighted by molar-refractivity contribution is 9.11. The van der Waals surface area contributed by atoms with Crippen LogP contribution >= 0.6 is 47.8 Å². The van der Waals surface area contributed by atoms with Crippen molar-refractivity contribution in [1.82, 2.24) is 4.90 Å². The zero-order chi connectivity index (χ0) is 15.5. The molecule has 0 saturated heterocycles. The number of rotatable bonds is 3. The van der Waals surface area contributed by atoms with Crippen molar-refractivity contribution >= 4 is 47.8 Å². The van der Waals surface area contributed by atoms with Gasteiger partial charge in [-0.15, -0.1) is 0 Å². The summed E-state index contributed by atoms with van der Waals surface area (Å²) in [6.07, 6.45) is 19.5. The Morgan fingerprint density at radius 2 is 1.77 bits per heavy atom. The average Bonchev–Trinajstić information content (AvgIpc) is 2.53. The van der Waals surface area contributed by atoms with Crippen LogP contribution in [-0.2, 0) is 0 Å². The monoisotopic (exact) mass is 491 g/mol. The summed E-state index contributed by atoms with van der Waals surface area (Å²) in [5, 5.41) is 0. The molecule has 3 aliphatic carbocycles. The number of nitrogens with zero attached hydrogens (tertiary/aromatic N) is 1. The van der Waals surface area contributed by atoms with E-state index in [0.29, 0.717) is 21.7 Å². The van der Waals surface area contributed by atoms with Crippen molar-refractivity contribution in [3.05, 3.63) is 34.5 Å². The minimum absolute atomic E-state index is 0.568. The van der Waals surface area contributed by atoms with Crippen LogP contribution in [0.3, 0.4) is 0 Å². The molecule has 0 N–H and O–H groups in total. The van der Waals surface area contributed by atoms with Crippen LogP contribution < -0.4 is 0 Å². The summed E-state index contributed by atoms with van der Waals surface area (Å²) in [5.41, 5.74) is 1.59. The molecule has 3 rings (SSSR count). The van der Waals surface area contributed by atoms with Gasteiger partial charge < -0.3 is 4.90 Å². The first-order valence-electron chi connectivity index (χ1n) is 8.42. The minimum atomic E-state index is 0.568. The Morgan fingerprint density at radius 1 is 0.909 bits per heavy atom. The molecular weight excluding hydrogens is 470 g/mol. The van der Waals surface area contributed by atoms with Gasteiger partial charge in [0.2, 0.25) is 0 Å². The fourth-order valence-electron chi connectivity index (χ4n) is 3.79. The molecule has 122 valence electrons. The molecule has 4 heteroatoms. The molecule has 0 amide bonds. The predicted octanol–water partition coefficient (Wildman–Crippen LogP) is 6.43. The lowest BCUT2D eigenvalue weighted by Gasteiger charge is -2.44. The first-order valence-corrected chi connectivity index (χ1v) is 11.0. The summed E-state index contributed by atoms with van der Waals surface area (Å²) in [7, 11) is 0. The van der Waals surface area contributed by atoms with Crippen molar-refractivity contribution in [2.45, 2.75) is 73.1 Å². The van der Waals surface area contributed by atoms with Crippen LogP contribution in [0.4, 0.5) is 0 Å². The van der Waals surface area contributed by atoms with Crippen molar-refractivity contribution in [3.8, 4) is 0 Å². The van der Waals surface area contributed by atoms with Gasteiger partial charge >= 0.3 is 0 Å². The lowest BCUT2D eigenvalue weighted by Crippen LogP contribution is -2.44. The molecule has 0 fully saturated rings. The Hall–Kier alpha value is 0.460. The largest absolute Gasteiger partial charge is 0.365 e. The van der Waals surface area contributed by atoms with Crippen molar-refractivity contribution < 1.29 is 0 Å². The van der Waals surface area contributed by atoms with Crippen LogP contribution in [0.2, 0.25) is 0 Å². The third kappa shape index (κ3) is 4.30. The number of hydrogen-bond donors (Lipinski definition) is 0. The van der Waals surface area contributed by atoms with Gasteiger partial charge in [-0.1, -0.05) is 72.1 Å². The smallest absolute Gasteiger partial charge is 0.0474 e. The quantitative estimate of drug-likeness (QED) is 0.323. The molecule has 3 aliphatic rings.